The van der Waals surface area contributed by atoms with Crippen molar-refractivity contribution >= 4 is 23.3 Å². The van der Waals surface area contributed by atoms with E-state index in [2.05, 4.69) is 5.32 Å². The van der Waals surface area contributed by atoms with Gasteiger partial charge in [0.15, 0.2) is 0 Å². The Morgan fingerprint density at radius 3 is 2.50 bits per heavy atom. The van der Waals surface area contributed by atoms with Gasteiger partial charge in [-0.15, -0.1) is 0 Å². The number of methoxy groups -OCH3 is 1. The third kappa shape index (κ3) is 9.00. The largest absolute Gasteiger partial charge is 0.497 e. The number of aliphatic hydroxyl groups excluding tert-OH is 1. The first-order valence-electron chi connectivity index (χ1n) is 14.7. The average molecular weight is 585 g/mol. The predicted octanol–water partition coefficient (Wildman–Crippen LogP) is 4.72. The Balaban J connectivity index is 1.86. The number of hydrogen-bond donors (Lipinski definition) is 2. The van der Waals surface area contributed by atoms with Gasteiger partial charge in [-0.2, -0.15) is 0 Å². The van der Waals surface area contributed by atoms with E-state index in [4.69, 9.17) is 14.2 Å². The number of nitrogens with zero attached hydrogens (tertiary/aromatic N) is 3. The van der Waals surface area contributed by atoms with Gasteiger partial charge in [-0.25, -0.2) is 4.79 Å². The predicted molar refractivity (Wildman–Crippen MR) is 166 cm³/mol. The van der Waals surface area contributed by atoms with E-state index in [9.17, 15) is 14.7 Å². The molecule has 0 spiro atoms. The number of fused-ring (bicyclic) bond motifs is 1. The minimum Gasteiger partial charge on any atom is -0.497 e. The zero-order chi connectivity index (χ0) is 30.8. The molecule has 1 aliphatic heterocycles. The molecule has 0 radical (unpaired) electrons. The number of hydrogen-bond acceptors (Lipinski definition) is 7. The Morgan fingerprint density at radius 2 is 1.86 bits per heavy atom. The molecule has 2 aromatic rings. The maximum absolute atomic E-state index is 14.1. The molecular weight excluding hydrogens is 536 g/mol. The van der Waals surface area contributed by atoms with E-state index >= 15 is 0 Å². The number of amides is 3. The standard InChI is InChI=1S/C32H48N4O6/c1-22-19-36(23(2)21-37)31(38)28-18-26(34(4)5)13-16-29(28)42-24(3)10-8-9-17-41-30(22)20-35(6)32(39)33-25-11-14-27(40-7)15-12-25/h11-16,18,22-24,30,37H,8-10,17,19-21H2,1-7H3,(H,33,39)/t22-,23-,24+,30+/m0/s1. The summed E-state index contributed by atoms with van der Waals surface area (Å²) < 4.78 is 17.8. The molecule has 0 bridgehead atoms. The smallest absolute Gasteiger partial charge is 0.321 e. The van der Waals surface area contributed by atoms with Crippen LogP contribution in [0.4, 0.5) is 16.2 Å². The Bertz CT molecular complexity index is 1160. The summed E-state index contributed by atoms with van der Waals surface area (Å²) in [6, 6.07) is 12.1. The van der Waals surface area contributed by atoms with Crippen molar-refractivity contribution in [3.63, 3.8) is 0 Å². The van der Waals surface area contributed by atoms with Crippen LogP contribution < -0.4 is 19.7 Å². The molecule has 10 heteroatoms. The Kier molecular flexibility index (Phi) is 12.3. The van der Waals surface area contributed by atoms with Gasteiger partial charge in [0, 0.05) is 58.1 Å². The van der Waals surface area contributed by atoms with Crippen molar-refractivity contribution in [3.05, 3.63) is 48.0 Å². The lowest BCUT2D eigenvalue weighted by molar-refractivity contribution is -0.0115. The Hall–Kier alpha value is -3.50. The van der Waals surface area contributed by atoms with E-state index in [-0.39, 0.29) is 36.7 Å². The summed E-state index contributed by atoms with van der Waals surface area (Å²) in [4.78, 5) is 32.4. The number of rotatable bonds is 7. The Labute approximate surface area is 250 Å². The molecule has 0 aromatic heterocycles. The summed E-state index contributed by atoms with van der Waals surface area (Å²) >= 11 is 0. The molecule has 3 amide bonds. The minimum absolute atomic E-state index is 0.0871. The second-order valence-electron chi connectivity index (χ2n) is 11.4. The van der Waals surface area contributed by atoms with Crippen LogP contribution in [-0.4, -0.2) is 99.7 Å². The van der Waals surface area contributed by atoms with E-state index < -0.39 is 6.04 Å². The van der Waals surface area contributed by atoms with Gasteiger partial charge in [-0.1, -0.05) is 6.92 Å². The monoisotopic (exact) mass is 584 g/mol. The van der Waals surface area contributed by atoms with Crippen LogP contribution in [0.2, 0.25) is 0 Å². The maximum Gasteiger partial charge on any atom is 0.321 e. The van der Waals surface area contributed by atoms with Crippen molar-refractivity contribution < 1.29 is 28.9 Å². The zero-order valence-corrected chi connectivity index (χ0v) is 26.1. The van der Waals surface area contributed by atoms with Gasteiger partial charge in [0.1, 0.15) is 11.5 Å². The molecule has 0 fully saturated rings. The number of urea groups is 1. The van der Waals surface area contributed by atoms with Crippen molar-refractivity contribution in [3.8, 4) is 11.5 Å². The first-order chi connectivity index (χ1) is 20.0. The first-order valence-corrected chi connectivity index (χ1v) is 14.7. The maximum atomic E-state index is 14.1. The quantitative estimate of drug-likeness (QED) is 0.485. The fourth-order valence-electron chi connectivity index (χ4n) is 4.90. The van der Waals surface area contributed by atoms with Crippen molar-refractivity contribution in [2.75, 3.05) is 64.8 Å². The minimum atomic E-state index is -0.433. The third-order valence-electron chi connectivity index (χ3n) is 7.69. The summed E-state index contributed by atoms with van der Waals surface area (Å²) in [7, 11) is 7.19. The van der Waals surface area contributed by atoms with Crippen LogP contribution in [0.25, 0.3) is 0 Å². The summed E-state index contributed by atoms with van der Waals surface area (Å²) in [6.45, 7) is 6.87. The lowest BCUT2D eigenvalue weighted by Crippen LogP contribution is -2.48. The van der Waals surface area contributed by atoms with Gasteiger partial charge in [-0.3, -0.25) is 4.79 Å². The molecule has 1 aliphatic rings. The fourth-order valence-corrected chi connectivity index (χ4v) is 4.90. The molecular formula is C32H48N4O6. The highest BCUT2D eigenvalue weighted by molar-refractivity contribution is 5.98. The second-order valence-corrected chi connectivity index (χ2v) is 11.4. The molecule has 0 saturated carbocycles. The zero-order valence-electron chi connectivity index (χ0n) is 26.1. The summed E-state index contributed by atoms with van der Waals surface area (Å²) in [6.07, 6.45) is 2.15. The van der Waals surface area contributed by atoms with E-state index in [0.29, 0.717) is 42.4 Å². The van der Waals surface area contributed by atoms with E-state index in [0.717, 1.165) is 24.9 Å². The van der Waals surface area contributed by atoms with Gasteiger partial charge in [0.2, 0.25) is 0 Å². The van der Waals surface area contributed by atoms with E-state index in [1.54, 1.807) is 48.2 Å². The molecule has 4 atom stereocenters. The number of likely N-dealkylation sites (N-methyl/N-ethyl adjacent to an activating group) is 1. The Morgan fingerprint density at radius 1 is 1.14 bits per heavy atom. The number of anilines is 2. The molecule has 0 aliphatic carbocycles. The lowest BCUT2D eigenvalue weighted by atomic mass is 10.0. The van der Waals surface area contributed by atoms with Crippen molar-refractivity contribution in [2.24, 2.45) is 5.92 Å². The molecule has 3 rings (SSSR count). The molecule has 10 nitrogen and oxygen atoms in total. The van der Waals surface area contributed by atoms with Crippen LogP contribution in [0.15, 0.2) is 42.5 Å². The summed E-state index contributed by atoms with van der Waals surface area (Å²) in [5.41, 5.74) is 2.01. The van der Waals surface area contributed by atoms with Gasteiger partial charge < -0.3 is 39.3 Å². The van der Waals surface area contributed by atoms with Crippen LogP contribution >= 0.6 is 0 Å². The molecule has 0 unspecified atom stereocenters. The molecule has 2 N–H and O–H groups in total. The average Bonchev–Trinajstić information content (AvgIpc) is 2.98. The highest BCUT2D eigenvalue weighted by Gasteiger charge is 2.31. The fraction of sp³-hybridized carbons (Fsp3) is 0.562. The molecule has 232 valence electrons. The van der Waals surface area contributed by atoms with E-state index in [1.807, 2.05) is 58.0 Å². The molecule has 1 heterocycles. The normalized spacial score (nSPS) is 20.9. The van der Waals surface area contributed by atoms with E-state index in [1.165, 1.54) is 0 Å². The van der Waals surface area contributed by atoms with Crippen LogP contribution in [0.1, 0.15) is 50.4 Å². The van der Waals surface area contributed by atoms with Crippen molar-refractivity contribution in [1.29, 1.82) is 0 Å². The number of aliphatic hydroxyl groups is 1. The van der Waals surface area contributed by atoms with Gasteiger partial charge in [0.05, 0.1) is 37.5 Å². The van der Waals surface area contributed by atoms with Gasteiger partial charge in [0.25, 0.3) is 5.91 Å². The first kappa shape index (κ1) is 33.0. The lowest BCUT2D eigenvalue weighted by Gasteiger charge is -2.36. The highest BCUT2D eigenvalue weighted by atomic mass is 16.5. The topological polar surface area (TPSA) is 104 Å². The van der Waals surface area contributed by atoms with Crippen LogP contribution in [0.5, 0.6) is 11.5 Å². The molecule has 2 aromatic carbocycles. The van der Waals surface area contributed by atoms with Gasteiger partial charge >= 0.3 is 6.03 Å². The highest BCUT2D eigenvalue weighted by Crippen LogP contribution is 2.29. The molecule has 0 saturated heterocycles. The summed E-state index contributed by atoms with van der Waals surface area (Å²) in [5.74, 6) is 0.903. The summed E-state index contributed by atoms with van der Waals surface area (Å²) in [5, 5.41) is 13.0. The number of benzene rings is 2. The van der Waals surface area contributed by atoms with Crippen LogP contribution in [0, 0.1) is 5.92 Å². The SMILES string of the molecule is COc1ccc(NC(=O)N(C)C[C@H]2OCCCC[C@@H](C)Oc3ccc(N(C)C)cc3C(=O)N([C@@H](C)CO)C[C@@H]2C)cc1. The van der Waals surface area contributed by atoms with Crippen LogP contribution in [-0.2, 0) is 4.74 Å². The number of ether oxygens (including phenoxy) is 3. The van der Waals surface area contributed by atoms with Crippen LogP contribution in [0.3, 0.4) is 0 Å². The third-order valence-corrected chi connectivity index (χ3v) is 7.69. The number of carbonyl (C=O) groups excluding carboxylic acids is 2. The number of carbonyl (C=O) groups is 2. The van der Waals surface area contributed by atoms with Crippen molar-refractivity contribution in [1.82, 2.24) is 9.80 Å². The van der Waals surface area contributed by atoms with Crippen molar-refractivity contribution in [2.45, 2.75) is 58.3 Å². The second kappa shape index (κ2) is 15.7. The number of nitrogens with one attached hydrogen (secondary N) is 1. The van der Waals surface area contributed by atoms with Gasteiger partial charge in [-0.05, 0) is 75.6 Å². The molecule has 42 heavy (non-hydrogen) atoms.